The minimum atomic E-state index is 0.0186. The molecule has 1 amide bonds. The van der Waals surface area contributed by atoms with Crippen LogP contribution in [0, 0.1) is 0 Å². The van der Waals surface area contributed by atoms with Crippen LogP contribution in [0.25, 0.3) is 0 Å². The van der Waals surface area contributed by atoms with Crippen LogP contribution in [-0.4, -0.2) is 42.2 Å². The average molecular weight is 283 g/mol. The van der Waals surface area contributed by atoms with Crippen LogP contribution in [0.2, 0.25) is 0 Å². The van der Waals surface area contributed by atoms with Crippen molar-refractivity contribution in [2.75, 3.05) is 20.3 Å². The summed E-state index contributed by atoms with van der Waals surface area (Å²) in [7, 11) is 1.60. The monoisotopic (exact) mass is 283 g/mol. The Labute approximate surface area is 118 Å². The molecule has 0 aliphatic heterocycles. The Balaban J connectivity index is 2.10. The molecule has 0 spiro atoms. The maximum absolute atomic E-state index is 12.5. The number of hydrogen-bond donors (Lipinski definition) is 1. The molecular weight excluding hydrogens is 262 g/mol. The van der Waals surface area contributed by atoms with Gasteiger partial charge in [0, 0.05) is 24.0 Å². The lowest BCUT2D eigenvalue weighted by Gasteiger charge is -2.33. The summed E-state index contributed by atoms with van der Waals surface area (Å²) in [4.78, 5) is 15.1. The highest BCUT2D eigenvalue weighted by molar-refractivity contribution is 7.12. The van der Waals surface area contributed by atoms with Gasteiger partial charge in [-0.15, -0.1) is 11.3 Å². The van der Waals surface area contributed by atoms with Gasteiger partial charge in [0.25, 0.3) is 5.91 Å². The first-order chi connectivity index (χ1) is 9.26. The molecule has 0 radical (unpaired) electrons. The first kappa shape index (κ1) is 14.3. The molecule has 4 nitrogen and oxygen atoms in total. The van der Waals surface area contributed by atoms with Crippen LogP contribution < -0.4 is 4.74 Å². The second-order valence-corrected chi connectivity index (χ2v) is 5.78. The molecule has 1 fully saturated rings. The molecule has 106 valence electrons. The number of amides is 1. The average Bonchev–Trinajstić information content (AvgIpc) is 2.94. The molecule has 1 saturated carbocycles. The van der Waals surface area contributed by atoms with Crippen LogP contribution in [0.3, 0.4) is 0 Å². The highest BCUT2D eigenvalue weighted by Crippen LogP contribution is 2.27. The summed E-state index contributed by atoms with van der Waals surface area (Å²) in [5.41, 5.74) is 0. The van der Waals surface area contributed by atoms with Gasteiger partial charge in [-0.1, -0.05) is 19.3 Å². The van der Waals surface area contributed by atoms with Gasteiger partial charge in [-0.2, -0.15) is 0 Å². The third-order valence-corrected chi connectivity index (χ3v) is 4.54. The Morgan fingerprint density at radius 1 is 1.47 bits per heavy atom. The first-order valence-electron chi connectivity index (χ1n) is 6.80. The van der Waals surface area contributed by atoms with Gasteiger partial charge in [-0.3, -0.25) is 4.79 Å². The molecular formula is C14H21NO3S. The van der Waals surface area contributed by atoms with Gasteiger partial charge >= 0.3 is 0 Å². The maximum atomic E-state index is 12.5. The number of carbonyl (C=O) groups is 1. The van der Waals surface area contributed by atoms with Crippen LogP contribution in [-0.2, 0) is 0 Å². The van der Waals surface area contributed by atoms with Crippen LogP contribution in [0.5, 0.6) is 5.75 Å². The molecule has 0 bridgehead atoms. The van der Waals surface area contributed by atoms with E-state index in [-0.39, 0.29) is 18.6 Å². The number of ether oxygens (including phenoxy) is 1. The highest BCUT2D eigenvalue weighted by Gasteiger charge is 2.26. The number of rotatable bonds is 5. The second-order valence-electron chi connectivity index (χ2n) is 4.86. The zero-order chi connectivity index (χ0) is 13.7. The summed E-state index contributed by atoms with van der Waals surface area (Å²) in [6, 6.07) is 2.06. The van der Waals surface area contributed by atoms with Crippen molar-refractivity contribution in [2.45, 2.75) is 38.1 Å². The van der Waals surface area contributed by atoms with E-state index in [4.69, 9.17) is 4.74 Å². The molecule has 0 saturated heterocycles. The molecule has 1 aliphatic rings. The van der Waals surface area contributed by atoms with Crippen molar-refractivity contribution >= 4 is 17.2 Å². The standard InChI is InChI=1S/C14H21NO3S/c1-18-12-9-13(19-10-12)14(17)15(7-8-16)11-5-3-2-4-6-11/h9-11,16H,2-8H2,1H3. The Morgan fingerprint density at radius 3 is 2.79 bits per heavy atom. The summed E-state index contributed by atoms with van der Waals surface area (Å²) < 4.78 is 5.12. The van der Waals surface area contributed by atoms with Gasteiger partial charge in [-0.25, -0.2) is 0 Å². The number of nitrogens with zero attached hydrogens (tertiary/aromatic N) is 1. The van der Waals surface area contributed by atoms with Crippen molar-refractivity contribution in [1.82, 2.24) is 4.90 Å². The SMILES string of the molecule is COc1csc(C(=O)N(CCO)C2CCCCC2)c1. The largest absolute Gasteiger partial charge is 0.496 e. The molecule has 1 N–H and O–H groups in total. The van der Waals surface area contributed by atoms with E-state index in [9.17, 15) is 9.90 Å². The molecule has 1 aromatic rings. The molecule has 0 aromatic carbocycles. The summed E-state index contributed by atoms with van der Waals surface area (Å²) in [6.07, 6.45) is 5.70. The number of hydrogen-bond acceptors (Lipinski definition) is 4. The summed E-state index contributed by atoms with van der Waals surface area (Å²) in [6.45, 7) is 0.439. The van der Waals surface area contributed by atoms with Gasteiger partial charge in [0.2, 0.25) is 0 Å². The van der Waals surface area contributed by atoms with Crippen LogP contribution in [0.4, 0.5) is 0 Å². The lowest BCUT2D eigenvalue weighted by atomic mass is 9.94. The summed E-state index contributed by atoms with van der Waals surface area (Å²) in [5.74, 6) is 0.746. The zero-order valence-electron chi connectivity index (χ0n) is 11.3. The summed E-state index contributed by atoms with van der Waals surface area (Å²) in [5, 5.41) is 11.0. The van der Waals surface area contributed by atoms with Crippen LogP contribution in [0.1, 0.15) is 41.8 Å². The fraction of sp³-hybridized carbons (Fsp3) is 0.643. The second kappa shape index (κ2) is 6.91. The third-order valence-electron chi connectivity index (χ3n) is 3.64. The smallest absolute Gasteiger partial charge is 0.264 e. The van der Waals surface area contributed by atoms with E-state index in [1.807, 2.05) is 10.3 Å². The number of thiophene rings is 1. The fourth-order valence-corrected chi connectivity index (χ4v) is 3.44. The van der Waals surface area contributed by atoms with Gasteiger partial charge in [-0.05, 0) is 12.8 Å². The van der Waals surface area contributed by atoms with Gasteiger partial charge in [0.1, 0.15) is 5.75 Å². The van der Waals surface area contributed by atoms with Crippen molar-refractivity contribution in [1.29, 1.82) is 0 Å². The minimum absolute atomic E-state index is 0.0186. The van der Waals surface area contributed by atoms with E-state index in [1.165, 1.54) is 30.6 Å². The highest BCUT2D eigenvalue weighted by atomic mass is 32.1. The summed E-state index contributed by atoms with van der Waals surface area (Å²) >= 11 is 1.40. The molecule has 5 heteroatoms. The predicted octanol–water partition coefficient (Wildman–Crippen LogP) is 2.52. The maximum Gasteiger partial charge on any atom is 0.264 e. The van der Waals surface area contributed by atoms with Crippen LogP contribution >= 0.6 is 11.3 Å². The zero-order valence-corrected chi connectivity index (χ0v) is 12.1. The predicted molar refractivity (Wildman–Crippen MR) is 75.9 cm³/mol. The van der Waals surface area contributed by atoms with Crippen molar-refractivity contribution < 1.29 is 14.6 Å². The molecule has 1 aromatic heterocycles. The molecule has 0 unspecified atom stereocenters. The number of aliphatic hydroxyl groups is 1. The van der Waals surface area contributed by atoms with Crippen molar-refractivity contribution in [3.8, 4) is 5.75 Å². The molecule has 1 aliphatic carbocycles. The molecule has 0 atom stereocenters. The van der Waals surface area contributed by atoms with E-state index < -0.39 is 0 Å². The fourth-order valence-electron chi connectivity index (χ4n) is 2.63. The molecule has 2 rings (SSSR count). The van der Waals surface area contributed by atoms with Crippen molar-refractivity contribution in [2.24, 2.45) is 0 Å². The van der Waals surface area contributed by atoms with Gasteiger partial charge in [0.05, 0.1) is 18.6 Å². The quantitative estimate of drug-likeness (QED) is 0.903. The van der Waals surface area contributed by atoms with Gasteiger partial charge in [0.15, 0.2) is 0 Å². The number of carbonyl (C=O) groups excluding carboxylic acids is 1. The lowest BCUT2D eigenvalue weighted by Crippen LogP contribution is -2.42. The third kappa shape index (κ3) is 3.48. The van der Waals surface area contributed by atoms with Crippen LogP contribution in [0.15, 0.2) is 11.4 Å². The van der Waals surface area contributed by atoms with Crippen molar-refractivity contribution in [3.63, 3.8) is 0 Å². The topological polar surface area (TPSA) is 49.8 Å². The van der Waals surface area contributed by atoms with E-state index >= 15 is 0 Å². The van der Waals surface area contributed by atoms with E-state index in [0.29, 0.717) is 11.4 Å². The first-order valence-corrected chi connectivity index (χ1v) is 7.68. The van der Waals surface area contributed by atoms with E-state index in [1.54, 1.807) is 13.2 Å². The van der Waals surface area contributed by atoms with E-state index in [0.717, 1.165) is 18.6 Å². The Hall–Kier alpha value is -1.07. The molecule has 1 heterocycles. The van der Waals surface area contributed by atoms with Gasteiger partial charge < -0.3 is 14.7 Å². The molecule has 19 heavy (non-hydrogen) atoms. The Bertz CT molecular complexity index is 413. The van der Waals surface area contributed by atoms with Crippen molar-refractivity contribution in [3.05, 3.63) is 16.3 Å². The normalized spacial score (nSPS) is 16.3. The lowest BCUT2D eigenvalue weighted by molar-refractivity contribution is 0.0590. The Morgan fingerprint density at radius 2 is 2.21 bits per heavy atom. The van der Waals surface area contributed by atoms with E-state index in [2.05, 4.69) is 0 Å². The minimum Gasteiger partial charge on any atom is -0.496 e. The number of aliphatic hydroxyl groups excluding tert-OH is 1. The Kier molecular flexibility index (Phi) is 5.22. The number of methoxy groups -OCH3 is 1.